The van der Waals surface area contributed by atoms with Crippen LogP contribution in [0.15, 0.2) is 24.2 Å². The molecule has 8 heavy (non-hydrogen) atoms. The molecule has 1 aliphatic heterocycles. The predicted octanol–water partition coefficient (Wildman–Crippen LogP) is 1.00. The third-order valence-electron chi connectivity index (χ3n) is 0.899. The minimum Gasteiger partial charge on any atom is -0.473 e. The lowest BCUT2D eigenvalue weighted by Crippen LogP contribution is -1.87. The van der Waals surface area contributed by atoms with Crippen molar-refractivity contribution in [3.8, 4) is 0 Å². The van der Waals surface area contributed by atoms with E-state index in [1.165, 1.54) is 6.26 Å². The smallest absolute Gasteiger partial charge is 0.149 e. The SMILES string of the molecule is O=CC1=COC=CC1. The Morgan fingerprint density at radius 1 is 1.75 bits per heavy atom. The van der Waals surface area contributed by atoms with Crippen LogP contribution in [0.5, 0.6) is 0 Å². The van der Waals surface area contributed by atoms with Crippen LogP contribution in [-0.4, -0.2) is 6.29 Å². The van der Waals surface area contributed by atoms with E-state index in [9.17, 15) is 4.79 Å². The number of rotatable bonds is 1. The standard InChI is InChI=1S/C6H6O2/c7-4-6-2-1-3-8-5-6/h1,3-5H,2H2. The lowest BCUT2D eigenvalue weighted by atomic mass is 10.2. The summed E-state index contributed by atoms with van der Waals surface area (Å²) in [5.74, 6) is 0. The summed E-state index contributed by atoms with van der Waals surface area (Å²) in [6.07, 6.45) is 6.30. The van der Waals surface area contributed by atoms with Gasteiger partial charge in [0.05, 0.1) is 12.5 Å². The maximum absolute atomic E-state index is 9.98. The highest BCUT2D eigenvalue weighted by Crippen LogP contribution is 2.04. The molecule has 0 aromatic rings. The van der Waals surface area contributed by atoms with Gasteiger partial charge in [-0.15, -0.1) is 0 Å². The fourth-order valence-electron chi connectivity index (χ4n) is 0.490. The summed E-state index contributed by atoms with van der Waals surface area (Å²) in [6.45, 7) is 0. The molecule has 2 heteroatoms. The van der Waals surface area contributed by atoms with Gasteiger partial charge in [-0.2, -0.15) is 0 Å². The molecule has 0 bridgehead atoms. The highest BCUT2D eigenvalue weighted by Gasteiger charge is 1.94. The zero-order chi connectivity index (χ0) is 5.82. The van der Waals surface area contributed by atoms with Crippen LogP contribution in [0.3, 0.4) is 0 Å². The molecule has 0 aliphatic carbocycles. The number of carbonyl (C=O) groups is 1. The Kier molecular flexibility index (Phi) is 1.47. The van der Waals surface area contributed by atoms with Gasteiger partial charge in [-0.3, -0.25) is 4.79 Å². The predicted molar refractivity (Wildman–Crippen MR) is 29.0 cm³/mol. The van der Waals surface area contributed by atoms with Gasteiger partial charge in [-0.1, -0.05) is 0 Å². The second kappa shape index (κ2) is 2.31. The van der Waals surface area contributed by atoms with Crippen molar-refractivity contribution in [2.24, 2.45) is 0 Å². The first kappa shape index (κ1) is 5.09. The van der Waals surface area contributed by atoms with Crippen molar-refractivity contribution in [3.05, 3.63) is 24.2 Å². The van der Waals surface area contributed by atoms with E-state index < -0.39 is 0 Å². The average Bonchev–Trinajstić information content (AvgIpc) is 1.90. The van der Waals surface area contributed by atoms with E-state index in [2.05, 4.69) is 0 Å². The Morgan fingerprint density at radius 2 is 2.62 bits per heavy atom. The van der Waals surface area contributed by atoms with Gasteiger partial charge in [-0.25, -0.2) is 0 Å². The van der Waals surface area contributed by atoms with Crippen LogP contribution in [0.2, 0.25) is 0 Å². The van der Waals surface area contributed by atoms with E-state index in [1.54, 1.807) is 12.3 Å². The van der Waals surface area contributed by atoms with Crippen LogP contribution in [0, 0.1) is 0 Å². The van der Waals surface area contributed by atoms with Crippen LogP contribution < -0.4 is 0 Å². The summed E-state index contributed by atoms with van der Waals surface area (Å²) < 4.78 is 4.70. The minimum absolute atomic E-state index is 0.688. The Bertz CT molecular complexity index is 145. The zero-order valence-corrected chi connectivity index (χ0v) is 4.33. The van der Waals surface area contributed by atoms with E-state index >= 15 is 0 Å². The molecule has 0 atom stereocenters. The molecular formula is C6H6O2. The topological polar surface area (TPSA) is 26.3 Å². The van der Waals surface area contributed by atoms with Gasteiger partial charge in [0.1, 0.15) is 6.29 Å². The van der Waals surface area contributed by atoms with Crippen molar-refractivity contribution in [2.45, 2.75) is 6.42 Å². The highest BCUT2D eigenvalue weighted by atomic mass is 16.5. The van der Waals surface area contributed by atoms with Crippen LogP contribution in [0.25, 0.3) is 0 Å². The molecule has 1 rings (SSSR count). The van der Waals surface area contributed by atoms with Crippen LogP contribution >= 0.6 is 0 Å². The zero-order valence-electron chi connectivity index (χ0n) is 4.33. The second-order valence-electron chi connectivity index (χ2n) is 1.52. The Balaban J connectivity index is 2.55. The maximum Gasteiger partial charge on any atom is 0.149 e. The molecule has 0 aromatic carbocycles. The first-order chi connectivity index (χ1) is 3.93. The van der Waals surface area contributed by atoms with E-state index in [0.29, 0.717) is 12.0 Å². The summed E-state index contributed by atoms with van der Waals surface area (Å²) in [5.41, 5.74) is 0.688. The van der Waals surface area contributed by atoms with Crippen LogP contribution in [0.1, 0.15) is 6.42 Å². The third-order valence-corrected chi connectivity index (χ3v) is 0.899. The summed E-state index contributed by atoms with van der Waals surface area (Å²) in [4.78, 5) is 9.98. The number of hydrogen-bond acceptors (Lipinski definition) is 2. The van der Waals surface area contributed by atoms with Gasteiger partial charge in [0, 0.05) is 5.57 Å². The first-order valence-corrected chi connectivity index (χ1v) is 2.38. The van der Waals surface area contributed by atoms with E-state index in [0.717, 1.165) is 6.29 Å². The molecule has 0 fully saturated rings. The van der Waals surface area contributed by atoms with Crippen molar-refractivity contribution in [2.75, 3.05) is 0 Å². The second-order valence-corrected chi connectivity index (χ2v) is 1.52. The van der Waals surface area contributed by atoms with Crippen LogP contribution in [-0.2, 0) is 9.53 Å². The highest BCUT2D eigenvalue weighted by molar-refractivity contribution is 5.73. The number of allylic oxidation sites excluding steroid dienone is 2. The quantitative estimate of drug-likeness (QED) is 0.471. The van der Waals surface area contributed by atoms with Crippen molar-refractivity contribution < 1.29 is 9.53 Å². The summed E-state index contributed by atoms with van der Waals surface area (Å²) in [7, 11) is 0. The molecule has 0 unspecified atom stereocenters. The van der Waals surface area contributed by atoms with Crippen molar-refractivity contribution in [1.29, 1.82) is 0 Å². The number of aldehydes is 1. The Morgan fingerprint density at radius 3 is 3.00 bits per heavy atom. The lowest BCUT2D eigenvalue weighted by Gasteiger charge is -1.98. The molecule has 0 saturated heterocycles. The Labute approximate surface area is 47.5 Å². The molecule has 0 amide bonds. The van der Waals surface area contributed by atoms with E-state index in [4.69, 9.17) is 4.74 Å². The number of carbonyl (C=O) groups excluding carboxylic acids is 1. The third kappa shape index (κ3) is 0.964. The largest absolute Gasteiger partial charge is 0.473 e. The van der Waals surface area contributed by atoms with Crippen molar-refractivity contribution in [3.63, 3.8) is 0 Å². The molecular weight excluding hydrogens is 104 g/mol. The maximum atomic E-state index is 9.98. The molecule has 0 radical (unpaired) electrons. The fraction of sp³-hybridized carbons (Fsp3) is 0.167. The first-order valence-electron chi connectivity index (χ1n) is 2.38. The normalized spacial score (nSPS) is 16.8. The minimum atomic E-state index is 0.688. The molecule has 1 heterocycles. The summed E-state index contributed by atoms with van der Waals surface area (Å²) in [6, 6.07) is 0. The van der Waals surface area contributed by atoms with Gasteiger partial charge in [0.15, 0.2) is 0 Å². The molecule has 0 N–H and O–H groups in total. The van der Waals surface area contributed by atoms with Crippen molar-refractivity contribution >= 4 is 6.29 Å². The summed E-state index contributed by atoms with van der Waals surface area (Å²) in [5, 5.41) is 0. The van der Waals surface area contributed by atoms with E-state index in [1.807, 2.05) is 0 Å². The van der Waals surface area contributed by atoms with Gasteiger partial charge < -0.3 is 4.74 Å². The molecule has 1 aliphatic rings. The van der Waals surface area contributed by atoms with Gasteiger partial charge in [-0.05, 0) is 12.5 Å². The molecule has 42 valence electrons. The molecule has 0 saturated carbocycles. The lowest BCUT2D eigenvalue weighted by molar-refractivity contribution is -0.105. The summed E-state index contributed by atoms with van der Waals surface area (Å²) >= 11 is 0. The monoisotopic (exact) mass is 110 g/mol. The van der Waals surface area contributed by atoms with Crippen LogP contribution in [0.4, 0.5) is 0 Å². The van der Waals surface area contributed by atoms with Gasteiger partial charge in [0.25, 0.3) is 0 Å². The van der Waals surface area contributed by atoms with Gasteiger partial charge >= 0.3 is 0 Å². The molecule has 0 aromatic heterocycles. The molecule has 2 nitrogen and oxygen atoms in total. The average molecular weight is 110 g/mol. The van der Waals surface area contributed by atoms with Gasteiger partial charge in [0.2, 0.25) is 0 Å². The Hall–Kier alpha value is -1.05. The number of hydrogen-bond donors (Lipinski definition) is 0. The fourth-order valence-corrected chi connectivity index (χ4v) is 0.490. The van der Waals surface area contributed by atoms with Crippen molar-refractivity contribution in [1.82, 2.24) is 0 Å². The molecule has 0 spiro atoms. The number of ether oxygens (including phenoxy) is 1. The van der Waals surface area contributed by atoms with E-state index in [-0.39, 0.29) is 0 Å².